The molecule has 0 saturated carbocycles. The van der Waals surface area contributed by atoms with Crippen molar-refractivity contribution in [3.05, 3.63) is 71.8 Å². The first-order valence-corrected chi connectivity index (χ1v) is 10.8. The second-order valence-electron chi connectivity index (χ2n) is 8.99. The summed E-state index contributed by atoms with van der Waals surface area (Å²) in [6, 6.07) is 22.0. The Labute approximate surface area is 177 Å². The van der Waals surface area contributed by atoms with E-state index in [1.165, 1.54) is 18.1 Å². The van der Waals surface area contributed by atoms with E-state index in [4.69, 9.17) is 4.74 Å². The molecule has 3 nitrogen and oxygen atoms in total. The monoisotopic (exact) mass is 396 g/mol. The van der Waals surface area contributed by atoms with Gasteiger partial charge in [-0.15, -0.1) is 0 Å². The number of ether oxygens (including phenoxy) is 1. The number of nitrogens with zero attached hydrogens (tertiary/aromatic N) is 1. The molecule has 0 amide bonds. The highest BCUT2D eigenvalue weighted by Crippen LogP contribution is 2.44. The molecular formula is C26H38NO2+. The predicted octanol–water partition coefficient (Wildman–Crippen LogP) is 5.58. The molecule has 2 aromatic rings. The van der Waals surface area contributed by atoms with Crippen LogP contribution >= 0.6 is 0 Å². The van der Waals surface area contributed by atoms with Crippen LogP contribution in [0.25, 0.3) is 0 Å². The van der Waals surface area contributed by atoms with Crippen LogP contribution in [0.1, 0.15) is 58.6 Å². The minimum Gasteiger partial charge on any atom is -0.461 e. The molecule has 0 aliphatic rings. The van der Waals surface area contributed by atoms with Crippen LogP contribution in [0.5, 0.6) is 0 Å². The van der Waals surface area contributed by atoms with Gasteiger partial charge in [-0.05, 0) is 38.3 Å². The summed E-state index contributed by atoms with van der Waals surface area (Å²) in [7, 11) is 4.59. The van der Waals surface area contributed by atoms with Crippen LogP contribution in [-0.2, 0) is 14.9 Å². The minimum absolute atomic E-state index is 0.224. The van der Waals surface area contributed by atoms with E-state index < -0.39 is 5.41 Å². The summed E-state index contributed by atoms with van der Waals surface area (Å²) >= 11 is 0. The van der Waals surface area contributed by atoms with Crippen molar-refractivity contribution in [1.29, 1.82) is 0 Å². The average Bonchev–Trinajstić information content (AvgIpc) is 2.71. The number of quaternary nitrogens is 1. The number of rotatable bonds is 9. The van der Waals surface area contributed by atoms with Crippen molar-refractivity contribution in [3.8, 4) is 0 Å². The van der Waals surface area contributed by atoms with Crippen LogP contribution in [0.4, 0.5) is 0 Å². The molecule has 158 valence electrons. The van der Waals surface area contributed by atoms with E-state index in [1.807, 2.05) is 12.1 Å². The summed E-state index contributed by atoms with van der Waals surface area (Å²) in [5, 5.41) is 0. The molecule has 0 saturated heterocycles. The van der Waals surface area contributed by atoms with Gasteiger partial charge in [0.2, 0.25) is 0 Å². The van der Waals surface area contributed by atoms with E-state index in [1.54, 1.807) is 0 Å². The Morgan fingerprint density at radius 3 is 1.72 bits per heavy atom. The van der Waals surface area contributed by atoms with Crippen molar-refractivity contribution in [2.45, 2.75) is 71.1 Å². The van der Waals surface area contributed by atoms with Gasteiger partial charge < -0.3 is 9.22 Å². The smallest absolute Gasteiger partial charge is 0.302 e. The number of carbonyl (C=O) groups excluding carboxylic acids is 1. The highest BCUT2D eigenvalue weighted by Gasteiger charge is 2.47. The summed E-state index contributed by atoms with van der Waals surface area (Å²) in [6.07, 6.45) is 1.41. The van der Waals surface area contributed by atoms with Crippen LogP contribution in [0.15, 0.2) is 60.7 Å². The first-order chi connectivity index (χ1) is 13.7. The molecule has 0 aliphatic heterocycles. The second kappa shape index (κ2) is 9.58. The maximum Gasteiger partial charge on any atom is 0.302 e. The Hall–Kier alpha value is -2.13. The quantitative estimate of drug-likeness (QED) is 0.409. The average molecular weight is 397 g/mol. The lowest BCUT2D eigenvalue weighted by atomic mass is 9.65. The number of esters is 1. The van der Waals surface area contributed by atoms with Gasteiger partial charge in [-0.3, -0.25) is 4.79 Å². The van der Waals surface area contributed by atoms with Crippen molar-refractivity contribution in [1.82, 2.24) is 0 Å². The van der Waals surface area contributed by atoms with Crippen LogP contribution in [0.2, 0.25) is 0 Å². The van der Waals surface area contributed by atoms with Gasteiger partial charge >= 0.3 is 5.97 Å². The zero-order chi connectivity index (χ0) is 21.7. The Bertz CT molecular complexity index is 728. The number of hydrogen-bond acceptors (Lipinski definition) is 2. The van der Waals surface area contributed by atoms with Gasteiger partial charge in [-0.2, -0.15) is 0 Å². The van der Waals surface area contributed by atoms with Crippen LogP contribution in [0, 0.1) is 0 Å². The summed E-state index contributed by atoms with van der Waals surface area (Å²) in [5.41, 5.74) is 2.00. The third kappa shape index (κ3) is 4.90. The lowest BCUT2D eigenvalue weighted by Gasteiger charge is -2.47. The molecule has 0 radical (unpaired) electrons. The Kier molecular flexibility index (Phi) is 7.65. The van der Waals surface area contributed by atoms with Gasteiger partial charge in [0.1, 0.15) is 6.10 Å². The summed E-state index contributed by atoms with van der Waals surface area (Å²) in [4.78, 5) is 12.1. The molecule has 0 spiro atoms. The number of carbonyl (C=O) groups is 1. The molecule has 0 N–H and O–H groups in total. The van der Waals surface area contributed by atoms with E-state index >= 15 is 0 Å². The van der Waals surface area contributed by atoms with Gasteiger partial charge in [0, 0.05) is 13.3 Å². The molecule has 29 heavy (non-hydrogen) atoms. The second-order valence-corrected chi connectivity index (χ2v) is 8.99. The molecule has 2 unspecified atom stereocenters. The van der Waals surface area contributed by atoms with Gasteiger partial charge in [0.25, 0.3) is 0 Å². The van der Waals surface area contributed by atoms with E-state index in [0.717, 1.165) is 17.3 Å². The molecule has 0 bridgehead atoms. The van der Waals surface area contributed by atoms with E-state index in [0.29, 0.717) is 12.1 Å². The fourth-order valence-electron chi connectivity index (χ4n) is 4.32. The fourth-order valence-corrected chi connectivity index (χ4v) is 4.32. The molecule has 0 aromatic heterocycles. The van der Waals surface area contributed by atoms with Gasteiger partial charge in [0.15, 0.2) is 0 Å². The Balaban J connectivity index is 2.74. The largest absolute Gasteiger partial charge is 0.461 e. The van der Waals surface area contributed by atoms with E-state index in [2.05, 4.69) is 90.3 Å². The molecular weight excluding hydrogens is 358 g/mol. The van der Waals surface area contributed by atoms with Crippen molar-refractivity contribution in [2.75, 3.05) is 14.1 Å². The number of hydrogen-bond donors (Lipinski definition) is 0. The van der Waals surface area contributed by atoms with Gasteiger partial charge in [0.05, 0.1) is 31.6 Å². The van der Waals surface area contributed by atoms with Crippen molar-refractivity contribution in [2.24, 2.45) is 0 Å². The maximum absolute atomic E-state index is 12.1. The molecule has 0 fully saturated rings. The van der Waals surface area contributed by atoms with Crippen molar-refractivity contribution >= 4 is 5.97 Å². The van der Waals surface area contributed by atoms with Crippen LogP contribution in [-0.4, -0.2) is 42.7 Å². The molecule has 0 heterocycles. The predicted molar refractivity (Wildman–Crippen MR) is 121 cm³/mol. The van der Waals surface area contributed by atoms with Gasteiger partial charge in [-0.25, -0.2) is 0 Å². The van der Waals surface area contributed by atoms with E-state index in [9.17, 15) is 4.79 Å². The minimum atomic E-state index is -0.410. The zero-order valence-electron chi connectivity index (χ0n) is 19.2. The summed E-state index contributed by atoms with van der Waals surface area (Å²) in [5.74, 6) is -0.224. The summed E-state index contributed by atoms with van der Waals surface area (Å²) in [6.45, 7) is 10.5. The maximum atomic E-state index is 12.1. The molecule has 3 heteroatoms. The SMILES string of the molecule is CCC(OC(C)=O)C(CC(C)[N+](C)(C)C(C)C)(c1ccccc1)c1ccccc1. The van der Waals surface area contributed by atoms with Crippen LogP contribution < -0.4 is 0 Å². The third-order valence-corrected chi connectivity index (χ3v) is 6.89. The normalized spacial score (nSPS) is 14.5. The first-order valence-electron chi connectivity index (χ1n) is 10.8. The molecule has 2 atom stereocenters. The zero-order valence-corrected chi connectivity index (χ0v) is 19.2. The van der Waals surface area contributed by atoms with Crippen molar-refractivity contribution < 1.29 is 14.0 Å². The number of benzene rings is 2. The first kappa shape index (κ1) is 23.2. The van der Waals surface area contributed by atoms with Gasteiger partial charge in [-0.1, -0.05) is 67.6 Å². The lowest BCUT2D eigenvalue weighted by Crippen LogP contribution is -2.56. The highest BCUT2D eigenvalue weighted by molar-refractivity contribution is 5.66. The molecule has 2 aromatic carbocycles. The lowest BCUT2D eigenvalue weighted by molar-refractivity contribution is -0.933. The Morgan fingerprint density at radius 1 is 0.931 bits per heavy atom. The van der Waals surface area contributed by atoms with E-state index in [-0.39, 0.29) is 12.1 Å². The topological polar surface area (TPSA) is 26.3 Å². The highest BCUT2D eigenvalue weighted by atomic mass is 16.5. The summed E-state index contributed by atoms with van der Waals surface area (Å²) < 4.78 is 6.90. The van der Waals surface area contributed by atoms with Crippen LogP contribution in [0.3, 0.4) is 0 Å². The molecule has 0 aliphatic carbocycles. The van der Waals surface area contributed by atoms with Crippen molar-refractivity contribution in [3.63, 3.8) is 0 Å². The fraction of sp³-hybridized carbons (Fsp3) is 0.500. The molecule has 2 rings (SSSR count). The standard InChI is InChI=1S/C26H38NO2/c1-8-25(29-22(5)28)26(23-15-11-9-12-16-23,24-17-13-10-14-18-24)19-21(4)27(6,7)20(2)3/h9-18,20-21,25H,8,19H2,1-7H3/q+1. The third-order valence-electron chi connectivity index (χ3n) is 6.89. The Morgan fingerprint density at radius 2 is 1.38 bits per heavy atom.